The van der Waals surface area contributed by atoms with Gasteiger partial charge in [0.05, 0.1) is 17.1 Å². The van der Waals surface area contributed by atoms with E-state index in [9.17, 15) is 0 Å². The number of nitrogens with one attached hydrogen (secondary N) is 1. The Morgan fingerprint density at radius 3 is 2.77 bits per heavy atom. The molecule has 0 saturated heterocycles. The minimum Gasteiger partial charge on any atom is -0.353 e. The van der Waals surface area contributed by atoms with Gasteiger partial charge in [-0.2, -0.15) is 0 Å². The highest BCUT2D eigenvalue weighted by Crippen LogP contribution is 2.40. The Morgan fingerprint density at radius 1 is 0.923 bits per heavy atom. The third-order valence-corrected chi connectivity index (χ3v) is 5.92. The molecule has 1 atom stereocenters. The van der Waals surface area contributed by atoms with Crippen LogP contribution in [0.2, 0.25) is 0 Å². The van der Waals surface area contributed by atoms with Crippen molar-refractivity contribution >= 4 is 38.8 Å². The molecule has 0 saturated carbocycles. The van der Waals surface area contributed by atoms with Crippen LogP contribution in [0.25, 0.3) is 38.8 Å². The van der Waals surface area contributed by atoms with Crippen LogP contribution in [0, 0.1) is 0 Å². The SMILES string of the molecule is C1=CCC(n2c3ccccc3c3ccc4c5c([nH]c4c32)C=CCC5)C=C1. The van der Waals surface area contributed by atoms with Crippen LogP contribution in [0.1, 0.15) is 30.1 Å². The van der Waals surface area contributed by atoms with E-state index in [4.69, 9.17) is 0 Å². The van der Waals surface area contributed by atoms with Crippen molar-refractivity contribution in [3.63, 3.8) is 0 Å². The molecule has 2 heterocycles. The molecular formula is C24H20N2. The summed E-state index contributed by atoms with van der Waals surface area (Å²) in [4.78, 5) is 3.75. The van der Waals surface area contributed by atoms with Gasteiger partial charge in [0.25, 0.3) is 0 Å². The average Bonchev–Trinajstić information content (AvgIpc) is 3.24. The fourth-order valence-corrected chi connectivity index (χ4v) is 4.77. The molecule has 0 fully saturated rings. The molecule has 1 N–H and O–H groups in total. The number of allylic oxidation sites excluding steroid dienone is 5. The van der Waals surface area contributed by atoms with Crippen molar-refractivity contribution in [1.29, 1.82) is 0 Å². The second kappa shape index (κ2) is 5.25. The molecule has 2 heteroatoms. The van der Waals surface area contributed by atoms with Crippen molar-refractivity contribution in [2.75, 3.05) is 0 Å². The van der Waals surface area contributed by atoms with Gasteiger partial charge in [-0.3, -0.25) is 0 Å². The lowest BCUT2D eigenvalue weighted by Crippen LogP contribution is -2.07. The Morgan fingerprint density at radius 2 is 1.85 bits per heavy atom. The van der Waals surface area contributed by atoms with E-state index in [1.54, 1.807) is 0 Å². The van der Waals surface area contributed by atoms with Gasteiger partial charge in [0.15, 0.2) is 0 Å². The second-order valence-corrected chi connectivity index (χ2v) is 7.35. The van der Waals surface area contributed by atoms with Gasteiger partial charge < -0.3 is 9.55 Å². The van der Waals surface area contributed by atoms with Crippen molar-refractivity contribution in [3.05, 3.63) is 78.0 Å². The molecule has 26 heavy (non-hydrogen) atoms. The predicted octanol–water partition coefficient (Wildman–Crippen LogP) is 6.29. The molecule has 2 aliphatic carbocycles. The number of nitrogens with zero attached hydrogens (tertiary/aromatic N) is 1. The smallest absolute Gasteiger partial charge is 0.0742 e. The van der Waals surface area contributed by atoms with Crippen LogP contribution in [0.15, 0.2) is 66.8 Å². The topological polar surface area (TPSA) is 20.7 Å². The molecule has 1 unspecified atom stereocenters. The Labute approximate surface area is 152 Å². The van der Waals surface area contributed by atoms with Crippen molar-refractivity contribution in [3.8, 4) is 0 Å². The predicted molar refractivity (Wildman–Crippen MR) is 111 cm³/mol. The Kier molecular flexibility index (Phi) is 2.87. The zero-order valence-electron chi connectivity index (χ0n) is 14.6. The molecule has 2 aromatic heterocycles. The van der Waals surface area contributed by atoms with Crippen LogP contribution in [0.5, 0.6) is 0 Å². The highest BCUT2D eigenvalue weighted by Gasteiger charge is 2.21. The lowest BCUT2D eigenvalue weighted by atomic mass is 10.00. The summed E-state index contributed by atoms with van der Waals surface area (Å²) in [6, 6.07) is 13.8. The highest BCUT2D eigenvalue weighted by atomic mass is 15.0. The van der Waals surface area contributed by atoms with Gasteiger partial charge in [0, 0.05) is 27.4 Å². The van der Waals surface area contributed by atoms with E-state index < -0.39 is 0 Å². The van der Waals surface area contributed by atoms with E-state index in [2.05, 4.69) is 82.4 Å². The van der Waals surface area contributed by atoms with E-state index in [1.807, 2.05) is 0 Å². The number of benzene rings is 2. The fourth-order valence-electron chi connectivity index (χ4n) is 4.77. The Balaban J connectivity index is 1.80. The van der Waals surface area contributed by atoms with Crippen LogP contribution in [0.3, 0.4) is 0 Å². The zero-order chi connectivity index (χ0) is 17.1. The first-order valence-corrected chi connectivity index (χ1v) is 9.48. The highest BCUT2D eigenvalue weighted by molar-refractivity contribution is 6.17. The summed E-state index contributed by atoms with van der Waals surface area (Å²) in [5.41, 5.74) is 6.72. The number of hydrogen-bond donors (Lipinski definition) is 1. The van der Waals surface area contributed by atoms with Gasteiger partial charge in [-0.1, -0.05) is 60.7 Å². The third kappa shape index (κ3) is 1.82. The standard InChI is InChI=1S/C24H20N2/c1-2-8-16(9-3-1)26-22-13-7-5-11-18(22)20-15-14-19-17-10-4-6-12-21(17)25-23(19)24(20)26/h1-3,5-8,11-16,25H,4,9-10H2. The molecule has 0 spiro atoms. The number of hydrogen-bond acceptors (Lipinski definition) is 0. The van der Waals surface area contributed by atoms with Crippen LogP contribution >= 0.6 is 0 Å². The third-order valence-electron chi connectivity index (χ3n) is 5.92. The minimum atomic E-state index is 0.365. The summed E-state index contributed by atoms with van der Waals surface area (Å²) >= 11 is 0. The number of fused-ring (bicyclic) bond motifs is 7. The molecule has 4 aromatic rings. The molecule has 6 rings (SSSR count). The lowest BCUT2D eigenvalue weighted by molar-refractivity contribution is 0.649. The summed E-state index contributed by atoms with van der Waals surface area (Å²) < 4.78 is 2.54. The normalized spacial score (nSPS) is 19.0. The first-order valence-electron chi connectivity index (χ1n) is 9.48. The molecule has 0 bridgehead atoms. The van der Waals surface area contributed by atoms with Gasteiger partial charge in [-0.15, -0.1) is 0 Å². The van der Waals surface area contributed by atoms with Gasteiger partial charge in [0.1, 0.15) is 0 Å². The number of aryl methyl sites for hydroxylation is 1. The molecular weight excluding hydrogens is 316 g/mol. The van der Waals surface area contributed by atoms with Crippen molar-refractivity contribution < 1.29 is 0 Å². The Hall–Kier alpha value is -3.00. The maximum Gasteiger partial charge on any atom is 0.0742 e. The van der Waals surface area contributed by atoms with E-state index in [-0.39, 0.29) is 0 Å². The number of para-hydroxylation sites is 1. The molecule has 2 aromatic carbocycles. The van der Waals surface area contributed by atoms with Gasteiger partial charge in [-0.25, -0.2) is 0 Å². The van der Waals surface area contributed by atoms with Gasteiger partial charge in [0.2, 0.25) is 0 Å². The quantitative estimate of drug-likeness (QED) is 0.421. The largest absolute Gasteiger partial charge is 0.353 e. The average molecular weight is 336 g/mol. The second-order valence-electron chi connectivity index (χ2n) is 7.35. The van der Waals surface area contributed by atoms with Gasteiger partial charge >= 0.3 is 0 Å². The van der Waals surface area contributed by atoms with E-state index in [0.717, 1.165) is 19.3 Å². The van der Waals surface area contributed by atoms with Crippen LogP contribution in [-0.2, 0) is 6.42 Å². The first-order chi connectivity index (χ1) is 12.9. The first kappa shape index (κ1) is 14.2. The van der Waals surface area contributed by atoms with Crippen LogP contribution in [0.4, 0.5) is 0 Å². The zero-order valence-corrected chi connectivity index (χ0v) is 14.6. The summed E-state index contributed by atoms with van der Waals surface area (Å²) in [6.07, 6.45) is 16.8. The van der Waals surface area contributed by atoms with Crippen LogP contribution in [-0.4, -0.2) is 9.55 Å². The molecule has 0 amide bonds. The van der Waals surface area contributed by atoms with Crippen molar-refractivity contribution in [2.24, 2.45) is 0 Å². The maximum absolute atomic E-state index is 3.75. The minimum absolute atomic E-state index is 0.365. The van der Waals surface area contributed by atoms with E-state index >= 15 is 0 Å². The van der Waals surface area contributed by atoms with E-state index in [0.29, 0.717) is 6.04 Å². The van der Waals surface area contributed by atoms with Crippen LogP contribution < -0.4 is 0 Å². The van der Waals surface area contributed by atoms with Gasteiger partial charge in [-0.05, 0) is 37.0 Å². The molecule has 126 valence electrons. The number of aromatic nitrogens is 2. The summed E-state index contributed by atoms with van der Waals surface area (Å²) in [7, 11) is 0. The number of aromatic amines is 1. The monoisotopic (exact) mass is 336 g/mol. The Bertz CT molecular complexity index is 1260. The maximum atomic E-state index is 3.75. The molecule has 2 nitrogen and oxygen atoms in total. The number of H-pyrrole nitrogens is 1. The van der Waals surface area contributed by atoms with E-state index in [1.165, 1.54) is 44.0 Å². The summed E-state index contributed by atoms with van der Waals surface area (Å²) in [6.45, 7) is 0. The lowest BCUT2D eigenvalue weighted by Gasteiger charge is -2.18. The molecule has 2 aliphatic rings. The molecule has 0 aliphatic heterocycles. The van der Waals surface area contributed by atoms with Crippen molar-refractivity contribution in [2.45, 2.75) is 25.3 Å². The van der Waals surface area contributed by atoms with Crippen molar-refractivity contribution in [1.82, 2.24) is 9.55 Å². The summed E-state index contributed by atoms with van der Waals surface area (Å²) in [5, 5.41) is 4.07. The number of rotatable bonds is 1. The summed E-state index contributed by atoms with van der Waals surface area (Å²) in [5.74, 6) is 0. The fraction of sp³-hybridized carbons (Fsp3) is 0.167. The molecule has 0 radical (unpaired) electrons.